The summed E-state index contributed by atoms with van der Waals surface area (Å²) in [5, 5.41) is 3.32. The van der Waals surface area contributed by atoms with Gasteiger partial charge in [-0.2, -0.15) is 0 Å². The van der Waals surface area contributed by atoms with Crippen LogP contribution in [-0.2, 0) is 16.9 Å². The summed E-state index contributed by atoms with van der Waals surface area (Å²) in [6.45, 7) is 8.01. The molecular formula is C11H21N3O. The molecule has 0 unspecified atom stereocenters. The maximum absolute atomic E-state index is 5.35. The van der Waals surface area contributed by atoms with Crippen molar-refractivity contribution in [2.45, 2.75) is 39.3 Å². The fourth-order valence-electron chi connectivity index (χ4n) is 1.25. The van der Waals surface area contributed by atoms with Gasteiger partial charge in [-0.25, -0.2) is 4.98 Å². The Kier molecular flexibility index (Phi) is 4.29. The zero-order valence-corrected chi connectivity index (χ0v) is 10.1. The Balaban J connectivity index is 2.56. The van der Waals surface area contributed by atoms with Crippen LogP contribution in [0.15, 0.2) is 6.20 Å². The fourth-order valence-corrected chi connectivity index (χ4v) is 1.25. The van der Waals surface area contributed by atoms with Crippen LogP contribution < -0.4 is 5.32 Å². The van der Waals surface area contributed by atoms with Gasteiger partial charge in [0.15, 0.2) is 0 Å². The van der Waals surface area contributed by atoms with Gasteiger partial charge in [-0.3, -0.25) is 0 Å². The van der Waals surface area contributed by atoms with E-state index in [0.717, 1.165) is 31.0 Å². The van der Waals surface area contributed by atoms with Gasteiger partial charge in [0.05, 0.1) is 0 Å². The van der Waals surface area contributed by atoms with E-state index >= 15 is 0 Å². The molecule has 0 saturated carbocycles. The van der Waals surface area contributed by atoms with Crippen molar-refractivity contribution < 1.29 is 4.74 Å². The van der Waals surface area contributed by atoms with E-state index in [1.165, 1.54) is 0 Å². The third-order valence-electron chi connectivity index (χ3n) is 2.45. The predicted octanol–water partition coefficient (Wildman–Crippen LogP) is 1.79. The Morgan fingerprint density at radius 3 is 2.87 bits per heavy atom. The van der Waals surface area contributed by atoms with E-state index in [-0.39, 0.29) is 5.60 Å². The molecule has 1 aromatic rings. The minimum atomic E-state index is -0.344. The summed E-state index contributed by atoms with van der Waals surface area (Å²) in [5.74, 6) is 0.873. The monoisotopic (exact) mass is 211 g/mol. The van der Waals surface area contributed by atoms with Crippen molar-refractivity contribution >= 4 is 0 Å². The number of nitrogens with one attached hydrogen (secondary N) is 2. The highest BCUT2D eigenvalue weighted by molar-refractivity contribution is 5.06. The molecule has 0 aliphatic rings. The van der Waals surface area contributed by atoms with Gasteiger partial charge in [0.1, 0.15) is 11.4 Å². The number of methoxy groups -OCH3 is 1. The lowest BCUT2D eigenvalue weighted by Gasteiger charge is -2.19. The molecule has 15 heavy (non-hydrogen) atoms. The van der Waals surface area contributed by atoms with E-state index < -0.39 is 0 Å². The van der Waals surface area contributed by atoms with Crippen molar-refractivity contribution in [3.8, 4) is 0 Å². The molecule has 4 nitrogen and oxygen atoms in total. The van der Waals surface area contributed by atoms with Gasteiger partial charge in [0.2, 0.25) is 0 Å². The maximum atomic E-state index is 5.35. The Bertz CT molecular complexity index is 294. The summed E-state index contributed by atoms with van der Waals surface area (Å²) in [6.07, 6.45) is 3.00. The summed E-state index contributed by atoms with van der Waals surface area (Å²) in [7, 11) is 1.69. The van der Waals surface area contributed by atoms with Crippen LogP contribution in [0.2, 0.25) is 0 Å². The van der Waals surface area contributed by atoms with E-state index in [4.69, 9.17) is 4.74 Å². The second-order valence-corrected chi connectivity index (χ2v) is 4.15. The molecule has 0 aliphatic carbocycles. The van der Waals surface area contributed by atoms with Gasteiger partial charge in [0, 0.05) is 25.5 Å². The molecule has 0 atom stereocenters. The lowest BCUT2D eigenvalue weighted by Crippen LogP contribution is -2.21. The second-order valence-electron chi connectivity index (χ2n) is 4.15. The summed E-state index contributed by atoms with van der Waals surface area (Å²) >= 11 is 0. The average molecular weight is 211 g/mol. The number of imidazole rings is 1. The number of hydrogen-bond acceptors (Lipinski definition) is 3. The molecular weight excluding hydrogens is 190 g/mol. The highest BCUT2D eigenvalue weighted by atomic mass is 16.5. The van der Waals surface area contributed by atoms with Crippen LogP contribution in [-0.4, -0.2) is 23.6 Å². The largest absolute Gasteiger partial charge is 0.371 e. The summed E-state index contributed by atoms with van der Waals surface area (Å²) < 4.78 is 5.35. The first-order valence-electron chi connectivity index (χ1n) is 5.40. The van der Waals surface area contributed by atoms with Crippen LogP contribution in [0.4, 0.5) is 0 Å². The number of aromatic amines is 1. The number of rotatable bonds is 6. The lowest BCUT2D eigenvalue weighted by atomic mass is 10.1. The van der Waals surface area contributed by atoms with Gasteiger partial charge in [-0.05, 0) is 26.8 Å². The van der Waals surface area contributed by atoms with Crippen molar-refractivity contribution in [3.63, 3.8) is 0 Å². The standard InChI is InChI=1S/C11H21N3O/c1-5-6-12-7-9-8-13-10(14-9)11(2,3)15-4/h8,12H,5-7H2,1-4H3,(H,13,14). The van der Waals surface area contributed by atoms with Crippen molar-refractivity contribution in [2.24, 2.45) is 0 Å². The normalized spacial score (nSPS) is 12.0. The third-order valence-corrected chi connectivity index (χ3v) is 2.45. The molecule has 0 bridgehead atoms. The van der Waals surface area contributed by atoms with E-state index in [1.54, 1.807) is 7.11 Å². The third kappa shape index (κ3) is 3.32. The zero-order chi connectivity index (χ0) is 11.3. The van der Waals surface area contributed by atoms with Crippen LogP contribution in [0.5, 0.6) is 0 Å². The lowest BCUT2D eigenvalue weighted by molar-refractivity contribution is 0.0121. The van der Waals surface area contributed by atoms with Crippen LogP contribution in [0.3, 0.4) is 0 Å². The van der Waals surface area contributed by atoms with Crippen LogP contribution in [0.1, 0.15) is 38.7 Å². The smallest absolute Gasteiger partial charge is 0.138 e. The van der Waals surface area contributed by atoms with E-state index in [9.17, 15) is 0 Å². The first-order valence-corrected chi connectivity index (χ1v) is 5.40. The quantitative estimate of drug-likeness (QED) is 0.705. The molecule has 1 aromatic heterocycles. The van der Waals surface area contributed by atoms with Gasteiger partial charge in [0.25, 0.3) is 0 Å². The predicted molar refractivity (Wildman–Crippen MR) is 60.6 cm³/mol. The Labute approximate surface area is 91.4 Å². The minimum Gasteiger partial charge on any atom is -0.371 e. The molecule has 0 aromatic carbocycles. The van der Waals surface area contributed by atoms with Crippen molar-refractivity contribution in [1.82, 2.24) is 15.3 Å². The molecule has 1 rings (SSSR count). The van der Waals surface area contributed by atoms with Crippen molar-refractivity contribution in [3.05, 3.63) is 17.7 Å². The number of nitrogens with zero attached hydrogens (tertiary/aromatic N) is 1. The number of aromatic nitrogens is 2. The first kappa shape index (κ1) is 12.2. The van der Waals surface area contributed by atoms with Gasteiger partial charge in [-0.1, -0.05) is 6.92 Å². The first-order chi connectivity index (χ1) is 7.10. The molecule has 0 aliphatic heterocycles. The molecule has 4 heteroatoms. The van der Waals surface area contributed by atoms with Gasteiger partial charge >= 0.3 is 0 Å². The minimum absolute atomic E-state index is 0.344. The van der Waals surface area contributed by atoms with Crippen molar-refractivity contribution in [2.75, 3.05) is 13.7 Å². The SMILES string of the molecule is CCCNCc1cnc(C(C)(C)OC)[nH]1. The van der Waals surface area contributed by atoms with E-state index in [1.807, 2.05) is 20.0 Å². The highest BCUT2D eigenvalue weighted by Crippen LogP contribution is 2.20. The molecule has 86 valence electrons. The second kappa shape index (κ2) is 5.28. The molecule has 0 amide bonds. The van der Waals surface area contributed by atoms with Crippen LogP contribution in [0.25, 0.3) is 0 Å². The summed E-state index contributed by atoms with van der Waals surface area (Å²) in [4.78, 5) is 7.58. The maximum Gasteiger partial charge on any atom is 0.138 e. The number of hydrogen-bond donors (Lipinski definition) is 2. The Morgan fingerprint density at radius 2 is 2.27 bits per heavy atom. The Hall–Kier alpha value is -0.870. The number of ether oxygens (including phenoxy) is 1. The molecule has 0 spiro atoms. The Morgan fingerprint density at radius 1 is 1.53 bits per heavy atom. The topological polar surface area (TPSA) is 49.9 Å². The van der Waals surface area contributed by atoms with Crippen LogP contribution >= 0.6 is 0 Å². The molecule has 0 fully saturated rings. The van der Waals surface area contributed by atoms with Gasteiger partial charge in [-0.15, -0.1) is 0 Å². The molecule has 0 radical (unpaired) electrons. The molecule has 1 heterocycles. The van der Waals surface area contributed by atoms with Gasteiger partial charge < -0.3 is 15.0 Å². The van der Waals surface area contributed by atoms with E-state index in [0.29, 0.717) is 0 Å². The average Bonchev–Trinajstić information content (AvgIpc) is 2.68. The fraction of sp³-hybridized carbons (Fsp3) is 0.727. The summed E-state index contributed by atoms with van der Waals surface area (Å²) in [5.41, 5.74) is 0.756. The number of H-pyrrole nitrogens is 1. The molecule has 2 N–H and O–H groups in total. The van der Waals surface area contributed by atoms with Crippen LogP contribution in [0, 0.1) is 0 Å². The highest BCUT2D eigenvalue weighted by Gasteiger charge is 2.22. The summed E-state index contributed by atoms with van der Waals surface area (Å²) in [6, 6.07) is 0. The van der Waals surface area contributed by atoms with Crippen molar-refractivity contribution in [1.29, 1.82) is 0 Å². The molecule has 0 saturated heterocycles. The zero-order valence-electron chi connectivity index (χ0n) is 10.1. The van der Waals surface area contributed by atoms with E-state index in [2.05, 4.69) is 22.2 Å².